The quantitative estimate of drug-likeness (QED) is 0.405. The van der Waals surface area contributed by atoms with Crippen LogP contribution in [0.1, 0.15) is 83.1 Å². The van der Waals surface area contributed by atoms with Gasteiger partial charge in [0, 0.05) is 8.80 Å². The molecule has 1 saturated carbocycles. The van der Waals surface area contributed by atoms with Gasteiger partial charge in [-0.2, -0.15) is 4.39 Å². The summed E-state index contributed by atoms with van der Waals surface area (Å²) in [6.45, 7) is 4.47. The zero-order valence-electron chi connectivity index (χ0n) is 17.8. The fourth-order valence-corrected chi connectivity index (χ4v) is 9.15. The molecule has 1 aromatic rings. The second kappa shape index (κ2) is 10.8. The maximum Gasteiger partial charge on any atom is 0.200 e. The normalized spacial score (nSPS) is 28.3. The average Bonchev–Trinajstić information content (AvgIpc) is 2.72. The number of halogens is 2. The summed E-state index contributed by atoms with van der Waals surface area (Å²) in [5, 5.41) is 0. The molecule has 4 heteroatoms. The molecule has 0 atom stereocenters. The molecule has 3 rings (SSSR count). The highest BCUT2D eigenvalue weighted by atomic mass is 28.3. The van der Waals surface area contributed by atoms with Crippen LogP contribution < -0.4 is 4.74 Å². The number of rotatable bonds is 8. The third kappa shape index (κ3) is 5.58. The first-order valence-corrected chi connectivity index (χ1v) is 14.2. The van der Waals surface area contributed by atoms with E-state index in [1.165, 1.54) is 44.9 Å². The zero-order valence-corrected chi connectivity index (χ0v) is 19.0. The Morgan fingerprint density at radius 1 is 0.893 bits per heavy atom. The third-order valence-electron chi connectivity index (χ3n) is 7.31. The average molecular weight is 409 g/mol. The zero-order chi connectivity index (χ0) is 19.9. The minimum atomic E-state index is -0.816. The van der Waals surface area contributed by atoms with Crippen molar-refractivity contribution < 1.29 is 13.5 Å². The maximum atomic E-state index is 14.5. The van der Waals surface area contributed by atoms with E-state index in [0.29, 0.717) is 12.2 Å². The van der Waals surface area contributed by atoms with Crippen molar-refractivity contribution in [3.8, 4) is 5.75 Å². The summed E-state index contributed by atoms with van der Waals surface area (Å²) in [7, 11) is -0.360. The summed E-state index contributed by atoms with van der Waals surface area (Å²) in [6, 6.07) is 8.05. The highest BCUT2D eigenvalue weighted by Crippen LogP contribution is 2.41. The van der Waals surface area contributed by atoms with Crippen LogP contribution in [0.5, 0.6) is 5.75 Å². The van der Waals surface area contributed by atoms with Crippen molar-refractivity contribution in [3.05, 3.63) is 29.3 Å². The van der Waals surface area contributed by atoms with Gasteiger partial charge in [-0.25, -0.2) is 4.39 Å². The third-order valence-corrected chi connectivity index (χ3v) is 11.0. The maximum absolute atomic E-state index is 14.5. The van der Waals surface area contributed by atoms with Crippen LogP contribution in [-0.2, 0) is 0 Å². The van der Waals surface area contributed by atoms with E-state index in [4.69, 9.17) is 4.74 Å². The number of ether oxygens (including phenoxy) is 1. The van der Waals surface area contributed by atoms with Crippen LogP contribution in [0, 0.1) is 23.5 Å². The van der Waals surface area contributed by atoms with E-state index < -0.39 is 11.6 Å². The molecule has 2 aliphatic rings. The lowest BCUT2D eigenvalue weighted by molar-refractivity contribution is 0.275. The highest BCUT2D eigenvalue weighted by molar-refractivity contribution is 6.58. The van der Waals surface area contributed by atoms with Gasteiger partial charge >= 0.3 is 0 Å². The van der Waals surface area contributed by atoms with E-state index >= 15 is 0 Å². The summed E-state index contributed by atoms with van der Waals surface area (Å²) in [4.78, 5) is 0. The number of benzene rings is 1. The van der Waals surface area contributed by atoms with E-state index in [1.807, 2.05) is 0 Å². The van der Waals surface area contributed by atoms with E-state index in [1.54, 1.807) is 37.2 Å². The van der Waals surface area contributed by atoms with Gasteiger partial charge in [0.1, 0.15) is 0 Å². The second-order valence-corrected chi connectivity index (χ2v) is 12.6. The first-order valence-electron chi connectivity index (χ1n) is 11.7. The molecule has 0 spiro atoms. The summed E-state index contributed by atoms with van der Waals surface area (Å²) < 4.78 is 33.9. The minimum Gasteiger partial charge on any atom is -0.491 e. The molecule has 0 aromatic heterocycles. The molecule has 0 unspecified atom stereocenters. The molecule has 1 heterocycles. The Bertz CT molecular complexity index is 605. The lowest BCUT2D eigenvalue weighted by Gasteiger charge is -2.32. The van der Waals surface area contributed by atoms with Gasteiger partial charge in [0.15, 0.2) is 11.6 Å². The van der Waals surface area contributed by atoms with Gasteiger partial charge in [0.2, 0.25) is 5.82 Å². The van der Waals surface area contributed by atoms with E-state index in [-0.39, 0.29) is 20.5 Å². The van der Waals surface area contributed by atoms with Crippen molar-refractivity contribution >= 4 is 8.80 Å². The molecule has 158 valence electrons. The largest absolute Gasteiger partial charge is 0.491 e. The molecule has 1 aliphatic carbocycles. The monoisotopic (exact) mass is 408 g/mol. The van der Waals surface area contributed by atoms with Crippen LogP contribution in [0.3, 0.4) is 0 Å². The van der Waals surface area contributed by atoms with E-state index in [9.17, 15) is 8.78 Å². The first-order chi connectivity index (χ1) is 13.6. The lowest BCUT2D eigenvalue weighted by Crippen LogP contribution is -2.22. The SMILES string of the molecule is CCC[Si@H]1CC[C@H](CC[C@H]2CC[C@H](c3ccc(OCC)c(F)c3F)CC2)CC1. The van der Waals surface area contributed by atoms with Crippen LogP contribution in [0.2, 0.25) is 18.1 Å². The van der Waals surface area contributed by atoms with Crippen molar-refractivity contribution in [2.24, 2.45) is 11.8 Å². The van der Waals surface area contributed by atoms with Crippen LogP contribution >= 0.6 is 0 Å². The predicted octanol–water partition coefficient (Wildman–Crippen LogP) is 7.46. The smallest absolute Gasteiger partial charge is 0.200 e. The van der Waals surface area contributed by atoms with Crippen molar-refractivity contribution in [2.75, 3.05) is 6.61 Å². The van der Waals surface area contributed by atoms with E-state index in [2.05, 4.69) is 6.92 Å². The van der Waals surface area contributed by atoms with Gasteiger partial charge in [-0.1, -0.05) is 63.2 Å². The Balaban J connectivity index is 1.43. The Morgan fingerprint density at radius 3 is 2.14 bits per heavy atom. The topological polar surface area (TPSA) is 9.23 Å². The summed E-state index contributed by atoms with van der Waals surface area (Å²) >= 11 is 0. The lowest BCUT2D eigenvalue weighted by atomic mass is 9.76. The molecule has 28 heavy (non-hydrogen) atoms. The molecule has 1 saturated heterocycles. The van der Waals surface area contributed by atoms with Gasteiger partial charge in [0.05, 0.1) is 6.61 Å². The number of hydrogen-bond donors (Lipinski definition) is 0. The van der Waals surface area contributed by atoms with Crippen molar-refractivity contribution in [1.29, 1.82) is 0 Å². The van der Waals surface area contributed by atoms with Crippen molar-refractivity contribution in [3.63, 3.8) is 0 Å². The number of hydrogen-bond acceptors (Lipinski definition) is 1. The van der Waals surface area contributed by atoms with Gasteiger partial charge in [-0.3, -0.25) is 0 Å². The van der Waals surface area contributed by atoms with Crippen LogP contribution in [0.4, 0.5) is 8.78 Å². The Labute approximate surface area is 171 Å². The molecule has 1 nitrogen and oxygen atoms in total. The molecule has 0 radical (unpaired) electrons. The van der Waals surface area contributed by atoms with Gasteiger partial charge < -0.3 is 4.74 Å². The van der Waals surface area contributed by atoms with Gasteiger partial charge in [-0.05, 0) is 62.0 Å². The van der Waals surface area contributed by atoms with Crippen molar-refractivity contribution in [1.82, 2.24) is 0 Å². The first kappa shape index (κ1) is 21.8. The molecule has 1 aliphatic heterocycles. The highest BCUT2D eigenvalue weighted by Gasteiger charge is 2.28. The molecule has 0 N–H and O–H groups in total. The minimum absolute atomic E-state index is 0.0363. The van der Waals surface area contributed by atoms with Gasteiger partial charge in [0.25, 0.3) is 0 Å². The molecule has 0 amide bonds. The second-order valence-electron chi connectivity index (χ2n) is 9.18. The summed E-state index contributed by atoms with van der Waals surface area (Å²) in [5.41, 5.74) is 0.554. The predicted molar refractivity (Wildman–Crippen MR) is 116 cm³/mol. The standard InChI is InChI=1S/C24H38F2OSi/c1-3-15-28-16-13-19(14-17-28)6-5-18-7-9-20(10-8-18)21-11-12-22(27-4-2)24(26)23(21)25/h11-12,18-20,28H,3-10,13-17H2,1-2H3/t18-,19-,20-,28-. The molecule has 2 fully saturated rings. The van der Waals surface area contributed by atoms with Crippen LogP contribution in [-0.4, -0.2) is 15.4 Å². The fourth-order valence-electron chi connectivity index (χ4n) is 5.58. The van der Waals surface area contributed by atoms with E-state index in [0.717, 1.165) is 24.7 Å². The fraction of sp³-hybridized carbons (Fsp3) is 0.750. The Hall–Kier alpha value is -0.903. The Morgan fingerprint density at radius 2 is 1.54 bits per heavy atom. The molecular weight excluding hydrogens is 370 g/mol. The van der Waals surface area contributed by atoms with Crippen molar-refractivity contribution in [2.45, 2.75) is 95.7 Å². The summed E-state index contributed by atoms with van der Waals surface area (Å²) in [6.07, 6.45) is 11.4. The molecule has 1 aromatic carbocycles. The van der Waals surface area contributed by atoms with Crippen LogP contribution in [0.25, 0.3) is 0 Å². The van der Waals surface area contributed by atoms with Gasteiger partial charge in [-0.15, -0.1) is 0 Å². The van der Waals surface area contributed by atoms with Crippen LogP contribution in [0.15, 0.2) is 12.1 Å². The Kier molecular flexibility index (Phi) is 8.37. The molecular formula is C24H38F2OSi. The summed E-state index contributed by atoms with van der Waals surface area (Å²) in [5.74, 6) is 0.450. The molecule has 0 bridgehead atoms.